The van der Waals surface area contributed by atoms with E-state index < -0.39 is 11.7 Å². The molecule has 0 aliphatic heterocycles. The molecule has 1 aromatic heterocycles. The Balaban J connectivity index is 1.85. The molecule has 0 aliphatic rings. The molecule has 1 aromatic carbocycles. The van der Waals surface area contributed by atoms with E-state index >= 15 is 0 Å². The third-order valence-electron chi connectivity index (χ3n) is 2.78. The zero-order valence-electron chi connectivity index (χ0n) is 10.7. The molecule has 0 bridgehead atoms. The van der Waals surface area contributed by atoms with Crippen molar-refractivity contribution in [2.45, 2.75) is 12.6 Å². The smallest absolute Gasteiger partial charge is 0.416 e. The van der Waals surface area contributed by atoms with Gasteiger partial charge in [-0.2, -0.15) is 13.2 Å². The van der Waals surface area contributed by atoms with Gasteiger partial charge in [0.1, 0.15) is 0 Å². The van der Waals surface area contributed by atoms with Crippen molar-refractivity contribution in [2.24, 2.45) is 0 Å². The van der Waals surface area contributed by atoms with Crippen LogP contribution in [-0.2, 0) is 12.6 Å². The van der Waals surface area contributed by atoms with Crippen LogP contribution >= 0.6 is 15.9 Å². The van der Waals surface area contributed by atoms with Crippen molar-refractivity contribution in [3.05, 3.63) is 58.0 Å². The second-order valence-corrected chi connectivity index (χ2v) is 5.09. The predicted molar refractivity (Wildman–Crippen MR) is 73.9 cm³/mol. The summed E-state index contributed by atoms with van der Waals surface area (Å²) in [6.07, 6.45) is -3.90. The number of rotatable bonds is 4. The van der Waals surface area contributed by atoms with E-state index in [1.165, 1.54) is 18.2 Å². The molecule has 21 heavy (non-hydrogen) atoms. The third-order valence-corrected chi connectivity index (χ3v) is 3.20. The summed E-state index contributed by atoms with van der Waals surface area (Å²) in [4.78, 5) is 11.7. The summed E-state index contributed by atoms with van der Waals surface area (Å²) in [5.74, 6) is -0.193. The molecule has 0 unspecified atom stereocenters. The fraction of sp³-hybridized carbons (Fsp3) is 0.214. The monoisotopic (exact) mass is 361 g/mol. The first-order chi connectivity index (χ1) is 9.86. The molecule has 0 spiro atoms. The lowest BCUT2D eigenvalue weighted by molar-refractivity contribution is -0.137. The molecule has 0 radical (unpaired) electrons. The van der Waals surface area contributed by atoms with Crippen LogP contribution in [0.25, 0.3) is 0 Å². The maximum Gasteiger partial charge on any atom is 0.416 e. The molecule has 3 nitrogen and oxygen atoms in total. The molecular weight excluding hydrogens is 351 g/mol. The molecule has 7 heteroatoms. The van der Waals surface area contributed by atoms with Gasteiger partial charge in [0.2, 0.25) is 0 Å². The number of hydrogen-bond donors (Lipinski definition) is 1. The van der Waals surface area contributed by atoms with E-state index in [0.717, 1.165) is 12.1 Å². The largest absolute Gasteiger partial charge is 0.444 e. The molecule has 1 N–H and O–H groups in total. The van der Waals surface area contributed by atoms with Gasteiger partial charge >= 0.3 is 6.18 Å². The number of amides is 1. The van der Waals surface area contributed by atoms with Crippen LogP contribution < -0.4 is 5.32 Å². The highest BCUT2D eigenvalue weighted by Crippen LogP contribution is 2.29. The van der Waals surface area contributed by atoms with Crippen LogP contribution in [0.3, 0.4) is 0 Å². The highest BCUT2D eigenvalue weighted by Gasteiger charge is 2.29. The van der Waals surface area contributed by atoms with Gasteiger partial charge in [-0.05, 0) is 52.2 Å². The van der Waals surface area contributed by atoms with Crippen molar-refractivity contribution in [3.8, 4) is 0 Å². The van der Waals surface area contributed by atoms with E-state index in [0.29, 0.717) is 23.2 Å². The summed E-state index contributed by atoms with van der Waals surface area (Å²) >= 11 is 3.09. The fourth-order valence-corrected chi connectivity index (χ4v) is 2.01. The van der Waals surface area contributed by atoms with Crippen molar-refractivity contribution in [3.63, 3.8) is 0 Å². The lowest BCUT2D eigenvalue weighted by atomic mass is 10.1. The molecule has 1 amide bonds. The minimum absolute atomic E-state index is 0.175. The molecule has 0 saturated carbocycles. The molecule has 2 rings (SSSR count). The minimum Gasteiger partial charge on any atom is -0.444 e. The maximum absolute atomic E-state index is 12.4. The zero-order chi connectivity index (χ0) is 15.5. The molecule has 0 fully saturated rings. The number of benzene rings is 1. The van der Waals surface area contributed by atoms with E-state index in [4.69, 9.17) is 4.42 Å². The van der Waals surface area contributed by atoms with Gasteiger partial charge in [-0.1, -0.05) is 12.1 Å². The third kappa shape index (κ3) is 4.35. The first-order valence-electron chi connectivity index (χ1n) is 6.06. The molecule has 2 aromatic rings. The van der Waals surface area contributed by atoms with E-state index in [9.17, 15) is 18.0 Å². The Morgan fingerprint density at radius 3 is 2.33 bits per heavy atom. The quantitative estimate of drug-likeness (QED) is 0.892. The Labute approximate surface area is 127 Å². The van der Waals surface area contributed by atoms with Crippen molar-refractivity contribution in [1.29, 1.82) is 0 Å². The Kier molecular flexibility index (Phi) is 4.72. The highest BCUT2D eigenvalue weighted by atomic mass is 79.9. The van der Waals surface area contributed by atoms with Gasteiger partial charge in [0.05, 0.1) is 5.56 Å². The van der Waals surface area contributed by atoms with E-state index in [1.807, 2.05) is 0 Å². The average molecular weight is 362 g/mol. The second-order valence-electron chi connectivity index (χ2n) is 4.30. The fourth-order valence-electron chi connectivity index (χ4n) is 1.70. The Morgan fingerprint density at radius 1 is 1.14 bits per heavy atom. The van der Waals surface area contributed by atoms with Crippen molar-refractivity contribution < 1.29 is 22.4 Å². The number of carbonyl (C=O) groups is 1. The molecule has 112 valence electrons. The zero-order valence-corrected chi connectivity index (χ0v) is 12.3. The van der Waals surface area contributed by atoms with Crippen molar-refractivity contribution in [1.82, 2.24) is 5.32 Å². The van der Waals surface area contributed by atoms with Gasteiger partial charge in [0.25, 0.3) is 5.91 Å². The molecule has 0 saturated heterocycles. The lowest BCUT2D eigenvalue weighted by Crippen LogP contribution is -2.25. The summed E-state index contributed by atoms with van der Waals surface area (Å²) in [5.41, 5.74) is 0.0275. The summed E-state index contributed by atoms with van der Waals surface area (Å²) in [6.45, 7) is 0.308. The van der Waals surface area contributed by atoms with Crippen LogP contribution in [0.2, 0.25) is 0 Å². The Bertz CT molecular complexity index is 620. The number of furan rings is 1. The molecule has 1 heterocycles. The number of nitrogens with one attached hydrogen (secondary N) is 1. The van der Waals surface area contributed by atoms with Crippen LogP contribution in [0.1, 0.15) is 21.7 Å². The second kappa shape index (κ2) is 6.34. The van der Waals surface area contributed by atoms with Gasteiger partial charge in [0.15, 0.2) is 10.4 Å². The van der Waals surface area contributed by atoms with Gasteiger partial charge in [0, 0.05) is 6.54 Å². The average Bonchev–Trinajstić information content (AvgIpc) is 2.85. The first kappa shape index (κ1) is 15.6. The first-order valence-corrected chi connectivity index (χ1v) is 6.85. The van der Waals surface area contributed by atoms with Gasteiger partial charge in [-0.15, -0.1) is 0 Å². The summed E-state index contributed by atoms with van der Waals surface area (Å²) in [6, 6.07) is 7.99. The van der Waals surface area contributed by atoms with Gasteiger partial charge in [-0.25, -0.2) is 0 Å². The van der Waals surface area contributed by atoms with E-state index in [2.05, 4.69) is 21.2 Å². The number of alkyl halides is 3. The maximum atomic E-state index is 12.4. The van der Waals surface area contributed by atoms with Gasteiger partial charge in [-0.3, -0.25) is 4.79 Å². The number of halogens is 4. The molecular formula is C14H11BrF3NO2. The van der Waals surface area contributed by atoms with Crippen LogP contribution in [-0.4, -0.2) is 12.5 Å². The predicted octanol–water partition coefficient (Wildman–Crippen LogP) is 4.03. The Morgan fingerprint density at radius 2 is 1.81 bits per heavy atom. The van der Waals surface area contributed by atoms with Gasteiger partial charge < -0.3 is 9.73 Å². The van der Waals surface area contributed by atoms with Crippen LogP contribution in [0.4, 0.5) is 13.2 Å². The van der Waals surface area contributed by atoms with Crippen molar-refractivity contribution in [2.75, 3.05) is 6.54 Å². The summed E-state index contributed by atoms with van der Waals surface area (Å²) in [5, 5.41) is 2.63. The van der Waals surface area contributed by atoms with Crippen LogP contribution in [0.5, 0.6) is 0 Å². The van der Waals surface area contributed by atoms with Crippen LogP contribution in [0, 0.1) is 0 Å². The summed E-state index contributed by atoms with van der Waals surface area (Å²) < 4.78 is 42.7. The normalized spacial score (nSPS) is 11.4. The summed E-state index contributed by atoms with van der Waals surface area (Å²) in [7, 11) is 0. The van der Waals surface area contributed by atoms with E-state index in [1.54, 1.807) is 6.07 Å². The SMILES string of the molecule is O=C(NCCc1ccc(C(F)(F)F)cc1)c1ccc(Br)o1. The standard InChI is InChI=1S/C14H11BrF3NO2/c15-12-6-5-11(21-12)13(20)19-8-7-9-1-3-10(4-2-9)14(16,17)18/h1-6H,7-8H2,(H,19,20). The minimum atomic E-state index is -4.33. The van der Waals surface area contributed by atoms with Crippen molar-refractivity contribution >= 4 is 21.8 Å². The number of carbonyl (C=O) groups excluding carboxylic acids is 1. The molecule has 0 atom stereocenters. The lowest BCUT2D eigenvalue weighted by Gasteiger charge is -2.08. The highest BCUT2D eigenvalue weighted by molar-refractivity contribution is 9.10. The Hall–Kier alpha value is -1.76. The van der Waals surface area contributed by atoms with Crippen LogP contribution in [0.15, 0.2) is 45.5 Å². The number of hydrogen-bond acceptors (Lipinski definition) is 2. The molecule has 0 aliphatic carbocycles. The van der Waals surface area contributed by atoms with E-state index in [-0.39, 0.29) is 11.7 Å². The topological polar surface area (TPSA) is 42.2 Å².